The molecule has 33 heavy (non-hydrogen) atoms. The molecule has 172 valence electrons. The SMILES string of the molecule is CN1C(=O)CN(Cc2ccc(-c3ccc4c(nnn4CC4CC4)c3S(C)(=O)=O)cc2F)C1=O. The quantitative estimate of drug-likeness (QED) is 0.512. The van der Waals surface area contributed by atoms with Crippen molar-refractivity contribution in [1.82, 2.24) is 24.8 Å². The Morgan fingerprint density at radius 2 is 1.91 bits per heavy atom. The second-order valence-corrected chi connectivity index (χ2v) is 10.6. The minimum absolute atomic E-state index is 0.0103. The van der Waals surface area contributed by atoms with Crippen LogP contribution in [0.2, 0.25) is 0 Å². The third-order valence-corrected chi connectivity index (χ3v) is 7.28. The second-order valence-electron chi connectivity index (χ2n) is 8.69. The molecule has 0 bridgehead atoms. The van der Waals surface area contributed by atoms with Gasteiger partial charge in [-0.25, -0.2) is 22.3 Å². The first kappa shape index (κ1) is 21.5. The van der Waals surface area contributed by atoms with Crippen molar-refractivity contribution in [2.24, 2.45) is 5.92 Å². The summed E-state index contributed by atoms with van der Waals surface area (Å²) in [5.74, 6) is -0.410. The van der Waals surface area contributed by atoms with Crippen molar-refractivity contribution in [3.8, 4) is 11.1 Å². The summed E-state index contributed by atoms with van der Waals surface area (Å²) in [4.78, 5) is 26.1. The maximum absolute atomic E-state index is 15.0. The number of carbonyl (C=O) groups is 2. The first-order valence-electron chi connectivity index (χ1n) is 10.5. The standard InChI is InChI=1S/C22H22FN5O4S/c1-26-19(29)12-27(22(26)30)11-15-6-5-14(9-17(15)23)16-7-8-18-20(21(16)33(2,31)32)24-25-28(18)10-13-3-4-13/h5-9,13H,3-4,10-12H2,1-2H3. The first-order chi connectivity index (χ1) is 15.6. The summed E-state index contributed by atoms with van der Waals surface area (Å²) >= 11 is 0. The number of rotatable bonds is 6. The zero-order valence-corrected chi connectivity index (χ0v) is 19.0. The van der Waals surface area contributed by atoms with Crippen LogP contribution in [0.5, 0.6) is 0 Å². The predicted octanol–water partition coefficient (Wildman–Crippen LogP) is 2.44. The molecule has 1 saturated heterocycles. The van der Waals surface area contributed by atoms with E-state index in [1.165, 1.54) is 24.1 Å². The van der Waals surface area contributed by atoms with Crippen LogP contribution in [0.15, 0.2) is 35.2 Å². The van der Waals surface area contributed by atoms with Crippen molar-refractivity contribution in [3.63, 3.8) is 0 Å². The first-order valence-corrected chi connectivity index (χ1v) is 12.4. The number of carbonyl (C=O) groups excluding carboxylic acids is 2. The van der Waals surface area contributed by atoms with Crippen molar-refractivity contribution in [2.45, 2.75) is 30.8 Å². The van der Waals surface area contributed by atoms with Crippen LogP contribution < -0.4 is 0 Å². The molecule has 0 radical (unpaired) electrons. The number of halogens is 1. The van der Waals surface area contributed by atoms with E-state index in [0.29, 0.717) is 29.1 Å². The summed E-state index contributed by atoms with van der Waals surface area (Å²) in [6, 6.07) is 7.28. The molecular weight excluding hydrogens is 449 g/mol. The second kappa shape index (κ2) is 7.62. The van der Waals surface area contributed by atoms with Crippen LogP contribution >= 0.6 is 0 Å². The Balaban J connectivity index is 1.53. The van der Waals surface area contributed by atoms with Gasteiger partial charge in [0.15, 0.2) is 9.84 Å². The molecule has 1 saturated carbocycles. The summed E-state index contributed by atoms with van der Waals surface area (Å²) in [6.07, 6.45) is 3.34. The summed E-state index contributed by atoms with van der Waals surface area (Å²) in [6.45, 7) is 0.520. The fraction of sp³-hybridized carbons (Fsp3) is 0.364. The minimum Gasteiger partial charge on any atom is -0.311 e. The third-order valence-electron chi connectivity index (χ3n) is 6.12. The fourth-order valence-corrected chi connectivity index (χ4v) is 5.21. The molecule has 3 amide bonds. The highest BCUT2D eigenvalue weighted by Gasteiger charge is 2.33. The maximum Gasteiger partial charge on any atom is 0.327 e. The van der Waals surface area contributed by atoms with Gasteiger partial charge in [-0.05, 0) is 36.5 Å². The molecule has 0 unspecified atom stereocenters. The largest absolute Gasteiger partial charge is 0.327 e. The van der Waals surface area contributed by atoms with Crippen LogP contribution in [-0.4, -0.2) is 65.0 Å². The van der Waals surface area contributed by atoms with Crippen molar-refractivity contribution >= 4 is 32.8 Å². The zero-order chi connectivity index (χ0) is 23.5. The van der Waals surface area contributed by atoms with Gasteiger partial charge in [0.2, 0.25) is 5.91 Å². The number of fused-ring (bicyclic) bond motifs is 1. The molecule has 2 aliphatic rings. The summed E-state index contributed by atoms with van der Waals surface area (Å²) in [5.41, 5.74) is 1.83. The number of nitrogens with zero attached hydrogens (tertiary/aromatic N) is 5. The van der Waals surface area contributed by atoms with Gasteiger partial charge in [0.05, 0.1) is 12.1 Å². The molecule has 0 N–H and O–H groups in total. The fourth-order valence-electron chi connectivity index (χ4n) is 4.12. The van der Waals surface area contributed by atoms with E-state index in [9.17, 15) is 22.4 Å². The van der Waals surface area contributed by atoms with Gasteiger partial charge < -0.3 is 4.90 Å². The summed E-state index contributed by atoms with van der Waals surface area (Å²) in [5, 5.41) is 8.29. The lowest BCUT2D eigenvalue weighted by atomic mass is 10.0. The van der Waals surface area contributed by atoms with E-state index in [1.54, 1.807) is 22.9 Å². The lowest BCUT2D eigenvalue weighted by molar-refractivity contribution is -0.124. The number of hydrogen-bond acceptors (Lipinski definition) is 6. The van der Waals surface area contributed by atoms with Crippen molar-refractivity contribution in [3.05, 3.63) is 41.7 Å². The van der Waals surface area contributed by atoms with Crippen LogP contribution in [0.1, 0.15) is 18.4 Å². The van der Waals surface area contributed by atoms with Crippen LogP contribution in [0.3, 0.4) is 0 Å². The van der Waals surface area contributed by atoms with E-state index < -0.39 is 21.7 Å². The molecule has 11 heteroatoms. The van der Waals surface area contributed by atoms with E-state index in [4.69, 9.17) is 0 Å². The van der Waals surface area contributed by atoms with Crippen LogP contribution in [-0.2, 0) is 27.7 Å². The number of likely N-dealkylation sites (N-methyl/N-ethyl adjacent to an activating group) is 1. The van der Waals surface area contributed by atoms with Crippen molar-refractivity contribution < 1.29 is 22.4 Å². The zero-order valence-electron chi connectivity index (χ0n) is 18.2. The molecule has 0 atom stereocenters. The van der Waals surface area contributed by atoms with E-state index >= 15 is 0 Å². The van der Waals surface area contributed by atoms with Gasteiger partial charge in [0.1, 0.15) is 22.8 Å². The van der Waals surface area contributed by atoms with Crippen molar-refractivity contribution in [1.29, 1.82) is 0 Å². The molecule has 5 rings (SSSR count). The van der Waals surface area contributed by atoms with Gasteiger partial charge in [-0.15, -0.1) is 5.10 Å². The van der Waals surface area contributed by atoms with Gasteiger partial charge in [-0.3, -0.25) is 9.69 Å². The smallest absolute Gasteiger partial charge is 0.311 e. The topological polar surface area (TPSA) is 105 Å². The molecule has 2 aromatic carbocycles. The Morgan fingerprint density at radius 1 is 1.15 bits per heavy atom. The number of sulfone groups is 1. The Hall–Kier alpha value is -3.34. The molecule has 1 aliphatic heterocycles. The molecule has 1 aromatic heterocycles. The number of aromatic nitrogens is 3. The van der Waals surface area contributed by atoms with Crippen LogP contribution in [0.4, 0.5) is 9.18 Å². The molecule has 2 fully saturated rings. The van der Waals surface area contributed by atoms with E-state index in [-0.39, 0.29) is 35.0 Å². The monoisotopic (exact) mass is 471 g/mol. The Morgan fingerprint density at radius 3 is 2.52 bits per heavy atom. The average molecular weight is 472 g/mol. The minimum atomic E-state index is -3.70. The number of hydrogen-bond donors (Lipinski definition) is 0. The summed E-state index contributed by atoms with van der Waals surface area (Å²) < 4.78 is 42.1. The van der Waals surface area contributed by atoms with Crippen molar-refractivity contribution in [2.75, 3.05) is 19.8 Å². The Bertz CT molecular complexity index is 1410. The van der Waals surface area contributed by atoms with Gasteiger partial charge in [-0.2, -0.15) is 0 Å². The predicted molar refractivity (Wildman–Crippen MR) is 117 cm³/mol. The average Bonchev–Trinajstić information content (AvgIpc) is 3.44. The normalized spacial score (nSPS) is 16.9. The van der Waals surface area contributed by atoms with Gasteiger partial charge in [0.25, 0.3) is 0 Å². The third kappa shape index (κ3) is 3.86. The van der Waals surface area contributed by atoms with Crippen LogP contribution in [0.25, 0.3) is 22.2 Å². The van der Waals surface area contributed by atoms with Gasteiger partial charge >= 0.3 is 6.03 Å². The molecule has 1 aliphatic carbocycles. The maximum atomic E-state index is 15.0. The van der Waals surface area contributed by atoms with E-state index in [2.05, 4.69) is 10.3 Å². The number of urea groups is 1. The number of imide groups is 1. The van der Waals surface area contributed by atoms with E-state index in [1.807, 2.05) is 0 Å². The highest BCUT2D eigenvalue weighted by Crippen LogP contribution is 2.36. The highest BCUT2D eigenvalue weighted by molar-refractivity contribution is 7.91. The van der Waals surface area contributed by atoms with Crippen LogP contribution in [0, 0.1) is 11.7 Å². The number of benzene rings is 2. The number of amides is 3. The lowest BCUT2D eigenvalue weighted by Gasteiger charge is -2.16. The van der Waals surface area contributed by atoms with E-state index in [0.717, 1.165) is 24.0 Å². The molecule has 2 heterocycles. The Kier molecular flexibility index (Phi) is 4.96. The summed E-state index contributed by atoms with van der Waals surface area (Å²) in [7, 11) is -2.32. The molecule has 3 aromatic rings. The lowest BCUT2D eigenvalue weighted by Crippen LogP contribution is -2.29. The molecule has 0 spiro atoms. The van der Waals surface area contributed by atoms with Gasteiger partial charge in [-0.1, -0.05) is 23.4 Å². The van der Waals surface area contributed by atoms with Gasteiger partial charge in [0, 0.05) is 31.0 Å². The highest BCUT2D eigenvalue weighted by atomic mass is 32.2. The molecular formula is C22H22FN5O4S. The Labute approximate surface area is 189 Å². The molecule has 9 nitrogen and oxygen atoms in total.